The maximum Gasteiger partial charge on any atom is 0.101 e. The van der Waals surface area contributed by atoms with E-state index in [9.17, 15) is 15.3 Å². The molecular weight excluding hydrogens is 254 g/mol. The van der Waals surface area contributed by atoms with Gasteiger partial charge >= 0.3 is 0 Å². The van der Waals surface area contributed by atoms with E-state index >= 15 is 0 Å². The molecule has 6 heteroatoms. The van der Waals surface area contributed by atoms with Crippen LogP contribution in [0.1, 0.15) is 0 Å². The largest absolute Gasteiger partial charge is 0.395 e. The Bertz CT molecular complexity index is 324. The lowest BCUT2D eigenvalue weighted by Crippen LogP contribution is -2.55. The lowest BCUT2D eigenvalue weighted by molar-refractivity contribution is -0.00584. The minimum atomic E-state index is -1.15. The molecular formula is C12H19NO4S. The number of hydrogen-bond acceptors (Lipinski definition) is 6. The molecule has 1 aromatic rings. The molecule has 0 heterocycles. The zero-order valence-electron chi connectivity index (χ0n) is 10.1. The highest BCUT2D eigenvalue weighted by Crippen LogP contribution is 2.29. The summed E-state index contributed by atoms with van der Waals surface area (Å²) in [4.78, 5) is 0.908. The summed E-state index contributed by atoms with van der Waals surface area (Å²) in [6.45, 7) is -1.05. The summed E-state index contributed by atoms with van der Waals surface area (Å²) in [6.07, 6.45) is 0. The van der Waals surface area contributed by atoms with Crippen LogP contribution in [-0.2, 0) is 0 Å². The highest BCUT2D eigenvalue weighted by molar-refractivity contribution is 7.97. The Morgan fingerprint density at radius 3 is 1.94 bits per heavy atom. The Kier molecular flexibility index (Phi) is 6.62. The van der Waals surface area contributed by atoms with Crippen LogP contribution in [0.2, 0.25) is 0 Å². The number of aliphatic hydroxyl groups is 4. The topological polar surface area (TPSA) is 84.2 Å². The Balaban J connectivity index is 2.87. The van der Waals surface area contributed by atoms with Crippen molar-refractivity contribution in [3.05, 3.63) is 30.3 Å². The third-order valence-electron chi connectivity index (χ3n) is 2.67. The summed E-state index contributed by atoms with van der Waals surface area (Å²) in [5.41, 5.74) is -1.15. The van der Waals surface area contributed by atoms with Crippen LogP contribution in [0, 0.1) is 0 Å². The second-order valence-electron chi connectivity index (χ2n) is 3.93. The zero-order valence-corrected chi connectivity index (χ0v) is 10.9. The van der Waals surface area contributed by atoms with Gasteiger partial charge in [0.25, 0.3) is 0 Å². The van der Waals surface area contributed by atoms with Crippen molar-refractivity contribution in [2.45, 2.75) is 10.4 Å². The van der Waals surface area contributed by atoms with Gasteiger partial charge in [0, 0.05) is 11.4 Å². The van der Waals surface area contributed by atoms with Crippen molar-refractivity contribution in [1.82, 2.24) is 4.31 Å². The fraction of sp³-hybridized carbons (Fsp3) is 0.500. The fourth-order valence-electron chi connectivity index (χ4n) is 1.47. The first kappa shape index (κ1) is 15.4. The molecule has 0 amide bonds. The Morgan fingerprint density at radius 1 is 0.944 bits per heavy atom. The van der Waals surface area contributed by atoms with Gasteiger partial charge in [-0.3, -0.25) is 0 Å². The van der Waals surface area contributed by atoms with E-state index in [-0.39, 0.29) is 33.0 Å². The molecule has 102 valence electrons. The maximum atomic E-state index is 9.39. The van der Waals surface area contributed by atoms with Crippen LogP contribution in [0.4, 0.5) is 0 Å². The van der Waals surface area contributed by atoms with E-state index < -0.39 is 5.54 Å². The summed E-state index contributed by atoms with van der Waals surface area (Å²) in [5.74, 6) is 0. The molecule has 0 aliphatic carbocycles. The molecule has 5 nitrogen and oxygen atoms in total. The van der Waals surface area contributed by atoms with Gasteiger partial charge in [0.15, 0.2) is 0 Å². The van der Waals surface area contributed by atoms with E-state index in [1.54, 1.807) is 4.31 Å². The lowest BCUT2D eigenvalue weighted by Gasteiger charge is -2.38. The third-order valence-corrected chi connectivity index (χ3v) is 3.95. The second kappa shape index (κ2) is 7.73. The molecule has 1 aromatic carbocycles. The van der Waals surface area contributed by atoms with Crippen LogP contribution in [-0.4, -0.2) is 63.2 Å². The molecule has 18 heavy (non-hydrogen) atoms. The average Bonchev–Trinajstić information content (AvgIpc) is 2.43. The van der Waals surface area contributed by atoms with E-state index in [2.05, 4.69) is 0 Å². The van der Waals surface area contributed by atoms with E-state index in [0.717, 1.165) is 4.90 Å². The summed E-state index contributed by atoms with van der Waals surface area (Å²) in [7, 11) is 0. The number of hydrogen-bond donors (Lipinski definition) is 4. The second-order valence-corrected chi connectivity index (χ2v) is 5.02. The first-order valence-electron chi connectivity index (χ1n) is 5.66. The van der Waals surface area contributed by atoms with Gasteiger partial charge in [-0.1, -0.05) is 18.2 Å². The standard InChI is InChI=1S/C12H19NO4S/c14-7-6-13(12(8-15,9-16)10-17)18-11-4-2-1-3-5-11/h1-5,14-17H,6-10H2. The van der Waals surface area contributed by atoms with Crippen molar-refractivity contribution < 1.29 is 20.4 Å². The summed E-state index contributed by atoms with van der Waals surface area (Å²) in [5, 5.41) is 37.2. The smallest absolute Gasteiger partial charge is 0.101 e. The van der Waals surface area contributed by atoms with Crippen molar-refractivity contribution >= 4 is 11.9 Å². The molecule has 0 atom stereocenters. The number of benzene rings is 1. The minimum absolute atomic E-state index is 0.123. The molecule has 4 N–H and O–H groups in total. The molecule has 0 spiro atoms. The van der Waals surface area contributed by atoms with Crippen LogP contribution in [0.5, 0.6) is 0 Å². The van der Waals surface area contributed by atoms with E-state index in [4.69, 9.17) is 5.11 Å². The molecule has 0 saturated carbocycles. The van der Waals surface area contributed by atoms with Crippen molar-refractivity contribution in [3.63, 3.8) is 0 Å². The van der Waals surface area contributed by atoms with Gasteiger partial charge in [-0.15, -0.1) is 0 Å². The predicted molar refractivity (Wildman–Crippen MR) is 70.1 cm³/mol. The molecule has 1 rings (SSSR count). The number of rotatable bonds is 8. The predicted octanol–water partition coefficient (Wildman–Crippen LogP) is -0.296. The highest BCUT2D eigenvalue weighted by Gasteiger charge is 2.36. The third kappa shape index (κ3) is 3.68. The number of nitrogens with zero attached hydrogens (tertiary/aromatic N) is 1. The molecule has 0 bridgehead atoms. The van der Waals surface area contributed by atoms with Crippen molar-refractivity contribution in [2.75, 3.05) is 33.0 Å². The molecule has 0 aliphatic heterocycles. The number of β-amino-alcohol motifs (C(OH)–C–C–N with tert-alkyl or cyclic N) is 1. The van der Waals surface area contributed by atoms with Crippen LogP contribution in [0.15, 0.2) is 35.2 Å². The van der Waals surface area contributed by atoms with Crippen LogP contribution >= 0.6 is 11.9 Å². The summed E-state index contributed by atoms with van der Waals surface area (Å²) >= 11 is 1.29. The van der Waals surface area contributed by atoms with E-state index in [1.165, 1.54) is 11.9 Å². The molecule has 0 aromatic heterocycles. The van der Waals surface area contributed by atoms with Gasteiger partial charge < -0.3 is 20.4 Å². The van der Waals surface area contributed by atoms with Gasteiger partial charge in [-0.25, -0.2) is 4.31 Å². The highest BCUT2D eigenvalue weighted by atomic mass is 32.2. The fourth-order valence-corrected chi connectivity index (χ4v) is 2.54. The minimum Gasteiger partial charge on any atom is -0.395 e. The number of aliphatic hydroxyl groups excluding tert-OH is 4. The molecule has 0 fully saturated rings. The van der Waals surface area contributed by atoms with Gasteiger partial charge in [0.1, 0.15) is 5.54 Å². The molecule has 0 radical (unpaired) electrons. The summed E-state index contributed by atoms with van der Waals surface area (Å²) in [6, 6.07) is 9.39. The van der Waals surface area contributed by atoms with Gasteiger partial charge in [-0.05, 0) is 24.1 Å². The van der Waals surface area contributed by atoms with Crippen LogP contribution < -0.4 is 0 Å². The Labute approximate surface area is 111 Å². The zero-order chi connectivity index (χ0) is 13.4. The van der Waals surface area contributed by atoms with Crippen molar-refractivity contribution in [1.29, 1.82) is 0 Å². The summed E-state index contributed by atoms with van der Waals surface area (Å²) < 4.78 is 1.61. The quantitative estimate of drug-likeness (QED) is 0.487. The van der Waals surface area contributed by atoms with Crippen LogP contribution in [0.25, 0.3) is 0 Å². The van der Waals surface area contributed by atoms with Crippen molar-refractivity contribution in [2.24, 2.45) is 0 Å². The van der Waals surface area contributed by atoms with E-state index in [0.29, 0.717) is 0 Å². The Hall–Kier alpha value is -0.630. The maximum absolute atomic E-state index is 9.39. The normalized spacial score (nSPS) is 12.1. The van der Waals surface area contributed by atoms with Crippen molar-refractivity contribution in [3.8, 4) is 0 Å². The van der Waals surface area contributed by atoms with Gasteiger partial charge in [0.05, 0.1) is 26.4 Å². The molecule has 0 unspecified atom stereocenters. The molecule has 0 aliphatic rings. The monoisotopic (exact) mass is 273 g/mol. The van der Waals surface area contributed by atoms with E-state index in [1.807, 2.05) is 30.3 Å². The van der Waals surface area contributed by atoms with Gasteiger partial charge in [-0.2, -0.15) is 0 Å². The Morgan fingerprint density at radius 2 is 1.50 bits per heavy atom. The van der Waals surface area contributed by atoms with Crippen LogP contribution in [0.3, 0.4) is 0 Å². The first-order chi connectivity index (χ1) is 8.72. The molecule has 0 saturated heterocycles. The lowest BCUT2D eigenvalue weighted by atomic mass is 10.0. The SMILES string of the molecule is OCCN(Sc1ccccc1)C(CO)(CO)CO. The van der Waals surface area contributed by atoms with Gasteiger partial charge in [0.2, 0.25) is 0 Å². The first-order valence-corrected chi connectivity index (χ1v) is 6.44. The average molecular weight is 273 g/mol.